The van der Waals surface area contributed by atoms with Crippen LogP contribution in [0.4, 0.5) is 13.2 Å². The Morgan fingerprint density at radius 2 is 2.00 bits per heavy atom. The highest BCUT2D eigenvalue weighted by molar-refractivity contribution is 5.43. The first-order valence-electron chi connectivity index (χ1n) is 5.57. The Hall–Kier alpha value is -1.47. The second kappa shape index (κ2) is 6.63. The predicted molar refractivity (Wildman–Crippen MR) is 63.3 cm³/mol. The van der Waals surface area contributed by atoms with Gasteiger partial charge in [-0.25, -0.2) is 0 Å². The Morgan fingerprint density at radius 1 is 1.32 bits per heavy atom. The van der Waals surface area contributed by atoms with Gasteiger partial charge < -0.3 is 19.9 Å². The van der Waals surface area contributed by atoms with Gasteiger partial charge in [0.05, 0.1) is 7.11 Å². The van der Waals surface area contributed by atoms with Crippen molar-refractivity contribution in [3.8, 4) is 11.5 Å². The number of ether oxygens (including phenoxy) is 2. The minimum absolute atomic E-state index is 0.165. The lowest BCUT2D eigenvalue weighted by Gasteiger charge is -2.17. The number of methoxy groups -OCH3 is 1. The van der Waals surface area contributed by atoms with Crippen LogP contribution in [0, 0.1) is 0 Å². The summed E-state index contributed by atoms with van der Waals surface area (Å²) in [6.45, 7) is -0.328. The van der Waals surface area contributed by atoms with Crippen molar-refractivity contribution >= 4 is 0 Å². The standard InChI is InChI=1S/C12H16F3NO3/c1-16-6-8-3-4-9(18-2)10(5-8)19-7-11(17)12(13,14)15/h3-5,11,16-17H,6-7H2,1-2H3. The van der Waals surface area contributed by atoms with Crippen molar-refractivity contribution in [1.29, 1.82) is 0 Å². The summed E-state index contributed by atoms with van der Waals surface area (Å²) in [5.74, 6) is 0.479. The quantitative estimate of drug-likeness (QED) is 0.832. The minimum Gasteiger partial charge on any atom is -0.493 e. The van der Waals surface area contributed by atoms with Gasteiger partial charge in [0, 0.05) is 6.54 Å². The molecule has 0 heterocycles. The summed E-state index contributed by atoms with van der Waals surface area (Å²) in [6.07, 6.45) is -7.22. The molecule has 2 N–H and O–H groups in total. The molecule has 0 bridgehead atoms. The molecule has 0 spiro atoms. The normalized spacial score (nSPS) is 13.2. The zero-order valence-corrected chi connectivity index (χ0v) is 10.6. The predicted octanol–water partition coefficient (Wildman–Crippen LogP) is 1.72. The molecule has 0 aliphatic rings. The zero-order valence-electron chi connectivity index (χ0n) is 10.6. The molecule has 1 unspecified atom stereocenters. The average molecular weight is 279 g/mol. The fourth-order valence-corrected chi connectivity index (χ4v) is 1.41. The summed E-state index contributed by atoms with van der Waals surface area (Å²) in [7, 11) is 3.14. The molecule has 0 radical (unpaired) electrons. The maximum Gasteiger partial charge on any atom is 0.417 e. The minimum atomic E-state index is -4.70. The van der Waals surface area contributed by atoms with Gasteiger partial charge in [-0.3, -0.25) is 0 Å². The highest BCUT2D eigenvalue weighted by Gasteiger charge is 2.38. The number of hydrogen-bond donors (Lipinski definition) is 2. The van der Waals surface area contributed by atoms with E-state index in [0.29, 0.717) is 12.3 Å². The van der Waals surface area contributed by atoms with E-state index in [1.54, 1.807) is 25.2 Å². The SMILES string of the molecule is CNCc1ccc(OC)c(OCC(O)C(F)(F)F)c1. The fraction of sp³-hybridized carbons (Fsp3) is 0.500. The molecule has 1 aromatic rings. The maximum atomic E-state index is 12.2. The summed E-state index contributed by atoms with van der Waals surface area (Å²) in [5.41, 5.74) is 0.833. The Balaban J connectivity index is 2.77. The second-order valence-corrected chi connectivity index (χ2v) is 3.88. The van der Waals surface area contributed by atoms with Crippen LogP contribution in [0.2, 0.25) is 0 Å². The lowest BCUT2D eigenvalue weighted by Crippen LogP contribution is -2.34. The first kappa shape index (κ1) is 15.6. The highest BCUT2D eigenvalue weighted by Crippen LogP contribution is 2.29. The topological polar surface area (TPSA) is 50.7 Å². The lowest BCUT2D eigenvalue weighted by molar-refractivity contribution is -0.210. The van der Waals surface area contributed by atoms with Crippen LogP contribution in [-0.2, 0) is 6.54 Å². The van der Waals surface area contributed by atoms with Gasteiger partial charge >= 0.3 is 6.18 Å². The Labute approximate surface area is 109 Å². The van der Waals surface area contributed by atoms with Crippen LogP contribution < -0.4 is 14.8 Å². The summed E-state index contributed by atoms with van der Waals surface area (Å²) in [4.78, 5) is 0. The molecule has 1 rings (SSSR count). The molecule has 108 valence electrons. The first-order chi connectivity index (χ1) is 8.88. The average Bonchev–Trinajstić information content (AvgIpc) is 2.35. The van der Waals surface area contributed by atoms with Gasteiger partial charge in [0.15, 0.2) is 17.6 Å². The monoisotopic (exact) mass is 279 g/mol. The van der Waals surface area contributed by atoms with E-state index < -0.39 is 18.9 Å². The van der Waals surface area contributed by atoms with E-state index in [-0.39, 0.29) is 5.75 Å². The van der Waals surface area contributed by atoms with E-state index in [9.17, 15) is 13.2 Å². The Bertz CT molecular complexity index is 410. The summed E-state index contributed by atoms with van der Waals surface area (Å²) in [5, 5.41) is 11.8. The smallest absolute Gasteiger partial charge is 0.417 e. The number of alkyl halides is 3. The third-order valence-corrected chi connectivity index (χ3v) is 2.38. The fourth-order valence-electron chi connectivity index (χ4n) is 1.41. The number of aliphatic hydroxyl groups excluding tert-OH is 1. The van der Waals surface area contributed by atoms with Crippen LogP contribution >= 0.6 is 0 Å². The lowest BCUT2D eigenvalue weighted by atomic mass is 10.2. The molecule has 0 saturated heterocycles. The van der Waals surface area contributed by atoms with Crippen molar-refractivity contribution < 1.29 is 27.8 Å². The van der Waals surface area contributed by atoms with Crippen LogP contribution in [0.3, 0.4) is 0 Å². The van der Waals surface area contributed by atoms with Crippen molar-refractivity contribution in [2.24, 2.45) is 0 Å². The van der Waals surface area contributed by atoms with Gasteiger partial charge in [0.1, 0.15) is 6.61 Å². The molecular formula is C12H16F3NO3. The van der Waals surface area contributed by atoms with Crippen molar-refractivity contribution in [2.45, 2.75) is 18.8 Å². The number of halogens is 3. The largest absolute Gasteiger partial charge is 0.493 e. The molecule has 0 aliphatic heterocycles. The van der Waals surface area contributed by atoms with Gasteiger partial charge in [0.25, 0.3) is 0 Å². The van der Waals surface area contributed by atoms with Gasteiger partial charge in [-0.15, -0.1) is 0 Å². The van der Waals surface area contributed by atoms with Gasteiger partial charge in [-0.1, -0.05) is 6.07 Å². The third-order valence-electron chi connectivity index (χ3n) is 2.38. The van der Waals surface area contributed by atoms with Gasteiger partial charge in [-0.05, 0) is 24.7 Å². The molecule has 0 saturated carbocycles. The van der Waals surface area contributed by atoms with Crippen molar-refractivity contribution in [3.63, 3.8) is 0 Å². The number of benzene rings is 1. The molecule has 1 aromatic carbocycles. The summed E-state index contributed by atoms with van der Waals surface area (Å²) in [6, 6.07) is 4.93. The van der Waals surface area contributed by atoms with Crippen LogP contribution in [-0.4, -0.2) is 38.2 Å². The molecule has 0 aromatic heterocycles. The first-order valence-corrected chi connectivity index (χ1v) is 5.57. The van der Waals surface area contributed by atoms with Crippen molar-refractivity contribution in [1.82, 2.24) is 5.32 Å². The van der Waals surface area contributed by atoms with E-state index in [2.05, 4.69) is 5.32 Å². The van der Waals surface area contributed by atoms with Crippen LogP contribution in [0.25, 0.3) is 0 Å². The van der Waals surface area contributed by atoms with Crippen LogP contribution in [0.1, 0.15) is 5.56 Å². The third kappa shape index (κ3) is 4.60. The van der Waals surface area contributed by atoms with E-state index in [0.717, 1.165) is 5.56 Å². The van der Waals surface area contributed by atoms with Crippen molar-refractivity contribution in [2.75, 3.05) is 20.8 Å². The number of rotatable bonds is 6. The Kier molecular flexibility index (Phi) is 5.44. The van der Waals surface area contributed by atoms with E-state index in [1.807, 2.05) is 0 Å². The molecule has 7 heteroatoms. The number of aliphatic hydroxyl groups is 1. The summed E-state index contributed by atoms with van der Waals surface area (Å²) >= 11 is 0. The highest BCUT2D eigenvalue weighted by atomic mass is 19.4. The maximum absolute atomic E-state index is 12.2. The Morgan fingerprint density at radius 3 is 2.53 bits per heavy atom. The molecule has 1 atom stereocenters. The molecular weight excluding hydrogens is 263 g/mol. The van der Waals surface area contributed by atoms with Gasteiger partial charge in [-0.2, -0.15) is 13.2 Å². The van der Waals surface area contributed by atoms with Crippen LogP contribution in [0.15, 0.2) is 18.2 Å². The van der Waals surface area contributed by atoms with E-state index >= 15 is 0 Å². The van der Waals surface area contributed by atoms with Gasteiger partial charge in [0.2, 0.25) is 0 Å². The van der Waals surface area contributed by atoms with Crippen molar-refractivity contribution in [3.05, 3.63) is 23.8 Å². The number of hydrogen-bond acceptors (Lipinski definition) is 4. The zero-order chi connectivity index (χ0) is 14.5. The van der Waals surface area contributed by atoms with E-state index in [4.69, 9.17) is 14.6 Å². The molecule has 0 fully saturated rings. The molecule has 0 amide bonds. The van der Waals surface area contributed by atoms with Crippen LogP contribution in [0.5, 0.6) is 11.5 Å². The number of nitrogens with one attached hydrogen (secondary N) is 1. The molecule has 19 heavy (non-hydrogen) atoms. The molecule has 4 nitrogen and oxygen atoms in total. The van der Waals surface area contributed by atoms with E-state index in [1.165, 1.54) is 7.11 Å². The molecule has 0 aliphatic carbocycles. The second-order valence-electron chi connectivity index (χ2n) is 3.88. The summed E-state index contributed by atoms with van der Waals surface area (Å²) < 4.78 is 46.5.